The number of benzene rings is 1. The second-order valence-corrected chi connectivity index (χ2v) is 7.65. The lowest BCUT2D eigenvalue weighted by molar-refractivity contribution is -0.128. The zero-order chi connectivity index (χ0) is 20.8. The lowest BCUT2D eigenvalue weighted by atomic mass is 10.1. The molecule has 0 saturated carbocycles. The number of carbonyl (C=O) groups excluding carboxylic acids is 2. The van der Waals surface area contributed by atoms with Crippen molar-refractivity contribution in [3.63, 3.8) is 0 Å². The summed E-state index contributed by atoms with van der Waals surface area (Å²) in [4.78, 5) is 30.3. The van der Waals surface area contributed by atoms with E-state index in [1.807, 2.05) is 18.5 Å². The van der Waals surface area contributed by atoms with Gasteiger partial charge in [-0.15, -0.1) is 11.3 Å². The minimum Gasteiger partial charge on any atom is -0.493 e. The molecule has 1 aliphatic heterocycles. The Kier molecular flexibility index (Phi) is 6.90. The molecule has 29 heavy (non-hydrogen) atoms. The Balaban J connectivity index is 1.90. The van der Waals surface area contributed by atoms with E-state index in [0.29, 0.717) is 29.5 Å². The average molecular weight is 416 g/mol. The predicted molar refractivity (Wildman–Crippen MR) is 113 cm³/mol. The van der Waals surface area contributed by atoms with Gasteiger partial charge in [-0.05, 0) is 42.3 Å². The van der Waals surface area contributed by atoms with Gasteiger partial charge in [0.1, 0.15) is 5.70 Å². The van der Waals surface area contributed by atoms with Gasteiger partial charge >= 0.3 is 0 Å². The minimum atomic E-state index is -0.297. The number of hydrogen-bond donors (Lipinski definition) is 1. The number of rotatable bonds is 6. The van der Waals surface area contributed by atoms with E-state index in [1.165, 1.54) is 11.3 Å². The van der Waals surface area contributed by atoms with E-state index < -0.39 is 0 Å². The molecular weight excluding hydrogens is 390 g/mol. The van der Waals surface area contributed by atoms with E-state index in [0.717, 1.165) is 18.7 Å². The number of amides is 2. The first-order valence-corrected chi connectivity index (χ1v) is 10.2. The second-order valence-electron chi connectivity index (χ2n) is 6.70. The number of likely N-dealkylation sites (N-methyl/N-ethyl adjacent to an activating group) is 1. The molecule has 0 bridgehead atoms. The molecule has 1 N–H and O–H groups in total. The van der Waals surface area contributed by atoms with E-state index in [4.69, 9.17) is 9.47 Å². The first-order valence-electron chi connectivity index (χ1n) is 9.28. The molecule has 1 aromatic heterocycles. The number of hydrogen-bond acceptors (Lipinski definition) is 6. The van der Waals surface area contributed by atoms with Crippen molar-refractivity contribution in [1.82, 2.24) is 15.1 Å². The van der Waals surface area contributed by atoms with Crippen LogP contribution >= 0.6 is 11.3 Å². The van der Waals surface area contributed by atoms with Gasteiger partial charge in [0.25, 0.3) is 11.8 Å². The van der Waals surface area contributed by atoms with Gasteiger partial charge in [-0.25, -0.2) is 0 Å². The van der Waals surface area contributed by atoms with Crippen molar-refractivity contribution in [3.8, 4) is 11.5 Å². The Labute approximate surface area is 174 Å². The highest BCUT2D eigenvalue weighted by atomic mass is 32.1. The van der Waals surface area contributed by atoms with Crippen LogP contribution in [0.5, 0.6) is 11.5 Å². The molecule has 0 spiro atoms. The number of nitrogens with zero attached hydrogens (tertiary/aromatic N) is 2. The third-order valence-corrected chi connectivity index (χ3v) is 5.60. The Morgan fingerprint density at radius 2 is 1.79 bits per heavy atom. The number of piperazine rings is 1. The zero-order valence-corrected chi connectivity index (χ0v) is 17.6. The Morgan fingerprint density at radius 3 is 2.41 bits per heavy atom. The second kappa shape index (κ2) is 9.58. The fraction of sp³-hybridized carbons (Fsp3) is 0.333. The van der Waals surface area contributed by atoms with E-state index in [1.54, 1.807) is 49.5 Å². The summed E-state index contributed by atoms with van der Waals surface area (Å²) in [6.07, 6.45) is 1.67. The first kappa shape index (κ1) is 20.9. The molecule has 0 unspecified atom stereocenters. The maximum absolute atomic E-state index is 13.2. The normalized spacial score (nSPS) is 15.1. The van der Waals surface area contributed by atoms with Crippen molar-refractivity contribution >= 4 is 29.2 Å². The first-order chi connectivity index (χ1) is 14.0. The summed E-state index contributed by atoms with van der Waals surface area (Å²) in [6, 6.07) is 8.89. The van der Waals surface area contributed by atoms with Crippen LogP contribution in [-0.4, -0.2) is 69.1 Å². The van der Waals surface area contributed by atoms with Crippen molar-refractivity contribution in [1.29, 1.82) is 0 Å². The average Bonchev–Trinajstić information content (AvgIpc) is 3.28. The topological polar surface area (TPSA) is 71.1 Å². The Bertz CT molecular complexity index is 887. The standard InChI is InChI=1S/C21H25N3O4S/c1-23-8-10-24(11-9-23)21(26)16(22-20(25)19-5-4-12-29-19)13-15-6-7-17(27-2)18(14-15)28-3/h4-7,12-14H,8-11H2,1-3H3,(H,22,25)/b16-13-. The summed E-state index contributed by atoms with van der Waals surface area (Å²) in [5.74, 6) is 0.656. The van der Waals surface area contributed by atoms with Crippen LogP contribution in [0.2, 0.25) is 0 Å². The van der Waals surface area contributed by atoms with Gasteiger partial charge in [0, 0.05) is 26.2 Å². The van der Waals surface area contributed by atoms with Gasteiger partial charge in [-0.2, -0.15) is 0 Å². The van der Waals surface area contributed by atoms with Crippen molar-refractivity contribution in [2.75, 3.05) is 47.4 Å². The quantitative estimate of drug-likeness (QED) is 0.733. The van der Waals surface area contributed by atoms with Crippen LogP contribution in [-0.2, 0) is 4.79 Å². The molecule has 2 amide bonds. The molecule has 0 atom stereocenters. The molecule has 3 rings (SSSR count). The molecule has 1 aromatic carbocycles. The van der Waals surface area contributed by atoms with Gasteiger partial charge in [-0.3, -0.25) is 9.59 Å². The van der Waals surface area contributed by atoms with Crippen molar-refractivity contribution in [2.24, 2.45) is 0 Å². The third kappa shape index (κ3) is 5.16. The van der Waals surface area contributed by atoms with Gasteiger partial charge < -0.3 is 24.6 Å². The number of carbonyl (C=O) groups is 2. The smallest absolute Gasteiger partial charge is 0.270 e. The lowest BCUT2D eigenvalue weighted by Gasteiger charge is -2.33. The largest absolute Gasteiger partial charge is 0.493 e. The number of methoxy groups -OCH3 is 2. The van der Waals surface area contributed by atoms with Crippen LogP contribution in [0.15, 0.2) is 41.4 Å². The number of thiophene rings is 1. The summed E-state index contributed by atoms with van der Waals surface area (Å²) < 4.78 is 10.6. The fourth-order valence-electron chi connectivity index (χ4n) is 3.03. The lowest BCUT2D eigenvalue weighted by Crippen LogP contribution is -2.49. The van der Waals surface area contributed by atoms with Gasteiger partial charge in [-0.1, -0.05) is 12.1 Å². The predicted octanol–water partition coefficient (Wildman–Crippen LogP) is 2.31. The van der Waals surface area contributed by atoms with E-state index in [-0.39, 0.29) is 17.5 Å². The Morgan fingerprint density at radius 1 is 1.07 bits per heavy atom. The molecule has 0 aliphatic carbocycles. The van der Waals surface area contributed by atoms with Gasteiger partial charge in [0.05, 0.1) is 19.1 Å². The molecular formula is C21H25N3O4S. The highest BCUT2D eigenvalue weighted by Crippen LogP contribution is 2.28. The molecule has 8 heteroatoms. The summed E-state index contributed by atoms with van der Waals surface area (Å²) in [5, 5.41) is 4.63. The maximum Gasteiger partial charge on any atom is 0.270 e. The molecule has 7 nitrogen and oxygen atoms in total. The SMILES string of the molecule is COc1ccc(/C=C(\NC(=O)c2cccs2)C(=O)N2CCN(C)CC2)cc1OC. The van der Waals surface area contributed by atoms with Crippen LogP contribution in [0, 0.1) is 0 Å². The minimum absolute atomic E-state index is 0.196. The summed E-state index contributed by atoms with van der Waals surface area (Å²) in [7, 11) is 5.15. The molecule has 1 aliphatic rings. The molecule has 154 valence electrons. The summed E-state index contributed by atoms with van der Waals surface area (Å²) >= 11 is 1.33. The van der Waals surface area contributed by atoms with Crippen LogP contribution in [0.1, 0.15) is 15.2 Å². The van der Waals surface area contributed by atoms with Crippen LogP contribution < -0.4 is 14.8 Å². The molecule has 1 fully saturated rings. The summed E-state index contributed by atoms with van der Waals surface area (Å²) in [6.45, 7) is 2.84. The van der Waals surface area contributed by atoms with E-state index in [9.17, 15) is 9.59 Å². The van der Waals surface area contributed by atoms with Gasteiger partial charge in [0.2, 0.25) is 0 Å². The number of nitrogens with one attached hydrogen (secondary N) is 1. The van der Waals surface area contributed by atoms with E-state index in [2.05, 4.69) is 10.2 Å². The molecule has 2 aromatic rings. The molecule has 2 heterocycles. The summed E-state index contributed by atoms with van der Waals surface area (Å²) in [5.41, 5.74) is 0.965. The fourth-order valence-corrected chi connectivity index (χ4v) is 3.65. The van der Waals surface area contributed by atoms with Crippen LogP contribution in [0.3, 0.4) is 0 Å². The zero-order valence-electron chi connectivity index (χ0n) is 16.8. The Hall–Kier alpha value is -2.84. The highest BCUT2D eigenvalue weighted by molar-refractivity contribution is 7.12. The molecule has 0 radical (unpaired) electrons. The van der Waals surface area contributed by atoms with Crippen molar-refractivity contribution < 1.29 is 19.1 Å². The maximum atomic E-state index is 13.2. The van der Waals surface area contributed by atoms with Crippen molar-refractivity contribution in [3.05, 3.63) is 51.8 Å². The monoisotopic (exact) mass is 415 g/mol. The van der Waals surface area contributed by atoms with E-state index >= 15 is 0 Å². The van der Waals surface area contributed by atoms with Crippen LogP contribution in [0.25, 0.3) is 6.08 Å². The molecule has 1 saturated heterocycles. The van der Waals surface area contributed by atoms with Gasteiger partial charge in [0.15, 0.2) is 11.5 Å². The van der Waals surface area contributed by atoms with Crippen molar-refractivity contribution in [2.45, 2.75) is 0 Å². The van der Waals surface area contributed by atoms with Crippen LogP contribution in [0.4, 0.5) is 0 Å². The highest BCUT2D eigenvalue weighted by Gasteiger charge is 2.24. The number of ether oxygens (including phenoxy) is 2. The third-order valence-electron chi connectivity index (χ3n) is 4.73.